The van der Waals surface area contributed by atoms with Gasteiger partial charge in [0.05, 0.1) is 0 Å². The van der Waals surface area contributed by atoms with E-state index in [-0.39, 0.29) is 19.1 Å². The van der Waals surface area contributed by atoms with Gasteiger partial charge < -0.3 is 15.1 Å². The van der Waals surface area contributed by atoms with Crippen LogP contribution in [0.4, 0.5) is 0 Å². The fourth-order valence-corrected chi connectivity index (χ4v) is 2.69. The van der Waals surface area contributed by atoms with Crippen LogP contribution in [0.5, 0.6) is 0 Å². The van der Waals surface area contributed by atoms with Crippen LogP contribution in [-0.4, -0.2) is 47.3 Å². The van der Waals surface area contributed by atoms with Gasteiger partial charge in [-0.1, -0.05) is 11.8 Å². The molecular weight excluding hydrogens is 266 g/mol. The second-order valence-corrected chi connectivity index (χ2v) is 5.31. The first kappa shape index (κ1) is 15.6. The number of aliphatic hydroxyl groups is 2. The number of hydrogen-bond acceptors (Lipinski definition) is 3. The first-order valence-electron chi connectivity index (χ1n) is 7.34. The molecule has 1 atom stereocenters. The highest BCUT2D eigenvalue weighted by atomic mass is 16.3. The van der Waals surface area contributed by atoms with Crippen LogP contribution >= 0.6 is 0 Å². The van der Waals surface area contributed by atoms with Gasteiger partial charge in [-0.25, -0.2) is 0 Å². The first-order chi connectivity index (χ1) is 10.2. The molecule has 4 heteroatoms. The molecule has 1 aliphatic rings. The van der Waals surface area contributed by atoms with Crippen molar-refractivity contribution in [2.24, 2.45) is 5.92 Å². The van der Waals surface area contributed by atoms with E-state index in [0.717, 1.165) is 37.9 Å². The van der Waals surface area contributed by atoms with Crippen molar-refractivity contribution in [3.63, 3.8) is 0 Å². The zero-order valence-corrected chi connectivity index (χ0v) is 12.1. The lowest BCUT2D eigenvalue weighted by Gasteiger charge is -2.32. The van der Waals surface area contributed by atoms with E-state index in [0.29, 0.717) is 11.5 Å². The highest BCUT2D eigenvalue weighted by molar-refractivity contribution is 5.94. The topological polar surface area (TPSA) is 60.8 Å². The number of carbonyl (C=O) groups excluding carboxylic acids is 1. The quantitative estimate of drug-likeness (QED) is 0.823. The van der Waals surface area contributed by atoms with Crippen molar-refractivity contribution >= 4 is 5.91 Å². The van der Waals surface area contributed by atoms with Crippen molar-refractivity contribution < 1.29 is 15.0 Å². The monoisotopic (exact) mass is 287 g/mol. The Hall–Kier alpha value is -1.83. The van der Waals surface area contributed by atoms with Crippen molar-refractivity contribution in [3.8, 4) is 11.8 Å². The van der Waals surface area contributed by atoms with E-state index in [9.17, 15) is 4.79 Å². The predicted molar refractivity (Wildman–Crippen MR) is 80.7 cm³/mol. The van der Waals surface area contributed by atoms with Crippen LogP contribution in [0, 0.1) is 17.8 Å². The van der Waals surface area contributed by atoms with Crippen LogP contribution in [0.3, 0.4) is 0 Å². The Labute approximate surface area is 125 Å². The SMILES string of the molecule is O=C(c1ccc(C#CCO)cc1)N1CCCC(CCO)C1. The van der Waals surface area contributed by atoms with E-state index < -0.39 is 0 Å². The molecule has 1 amide bonds. The van der Waals surface area contributed by atoms with Gasteiger partial charge in [-0.05, 0) is 49.4 Å². The summed E-state index contributed by atoms with van der Waals surface area (Å²) in [6, 6.07) is 7.15. The number of aliphatic hydroxyl groups excluding tert-OH is 2. The molecule has 1 heterocycles. The molecule has 112 valence electrons. The molecule has 1 saturated heterocycles. The van der Waals surface area contributed by atoms with E-state index in [2.05, 4.69) is 11.8 Å². The maximum absolute atomic E-state index is 12.5. The van der Waals surface area contributed by atoms with Gasteiger partial charge >= 0.3 is 0 Å². The zero-order valence-electron chi connectivity index (χ0n) is 12.1. The van der Waals surface area contributed by atoms with Crippen LogP contribution < -0.4 is 0 Å². The first-order valence-corrected chi connectivity index (χ1v) is 7.34. The second-order valence-electron chi connectivity index (χ2n) is 5.31. The number of nitrogens with zero attached hydrogens (tertiary/aromatic N) is 1. The molecule has 1 unspecified atom stereocenters. The lowest BCUT2D eigenvalue weighted by Crippen LogP contribution is -2.40. The second kappa shape index (κ2) is 7.82. The van der Waals surface area contributed by atoms with E-state index in [1.54, 1.807) is 24.3 Å². The Kier molecular flexibility index (Phi) is 5.79. The average molecular weight is 287 g/mol. The van der Waals surface area contributed by atoms with Gasteiger partial charge in [0.25, 0.3) is 5.91 Å². The fraction of sp³-hybridized carbons (Fsp3) is 0.471. The summed E-state index contributed by atoms with van der Waals surface area (Å²) in [5, 5.41) is 17.7. The smallest absolute Gasteiger partial charge is 0.253 e. The van der Waals surface area contributed by atoms with Gasteiger partial charge in [-0.3, -0.25) is 4.79 Å². The van der Waals surface area contributed by atoms with Gasteiger partial charge in [0.1, 0.15) is 6.61 Å². The number of hydrogen-bond donors (Lipinski definition) is 2. The molecule has 0 aromatic heterocycles. The summed E-state index contributed by atoms with van der Waals surface area (Å²) in [7, 11) is 0. The third-order valence-corrected chi connectivity index (χ3v) is 3.79. The highest BCUT2D eigenvalue weighted by Crippen LogP contribution is 2.21. The minimum Gasteiger partial charge on any atom is -0.396 e. The summed E-state index contributed by atoms with van der Waals surface area (Å²) < 4.78 is 0. The Balaban J connectivity index is 2.02. The highest BCUT2D eigenvalue weighted by Gasteiger charge is 2.23. The Morgan fingerprint density at radius 3 is 2.71 bits per heavy atom. The molecule has 0 radical (unpaired) electrons. The van der Waals surface area contributed by atoms with E-state index in [1.807, 2.05) is 4.90 Å². The average Bonchev–Trinajstić information content (AvgIpc) is 2.53. The fourth-order valence-electron chi connectivity index (χ4n) is 2.69. The lowest BCUT2D eigenvalue weighted by molar-refractivity contribution is 0.0653. The largest absolute Gasteiger partial charge is 0.396 e. The molecule has 4 nitrogen and oxygen atoms in total. The van der Waals surface area contributed by atoms with Gasteiger partial charge in [0.2, 0.25) is 0 Å². The van der Waals surface area contributed by atoms with E-state index >= 15 is 0 Å². The summed E-state index contributed by atoms with van der Waals surface area (Å²) in [4.78, 5) is 14.3. The molecule has 0 bridgehead atoms. The van der Waals surface area contributed by atoms with E-state index in [1.165, 1.54) is 0 Å². The number of piperidine rings is 1. The standard InChI is InChI=1S/C17H21NO3/c19-11-2-4-14-5-7-16(8-6-14)17(21)18-10-1-3-15(13-18)9-12-20/h5-8,15,19-20H,1,3,9-13H2. The Bertz CT molecular complexity index is 525. The Morgan fingerprint density at radius 2 is 2.05 bits per heavy atom. The van der Waals surface area contributed by atoms with Gasteiger partial charge in [0.15, 0.2) is 0 Å². The number of carbonyl (C=O) groups is 1. The molecule has 2 rings (SSSR count). The summed E-state index contributed by atoms with van der Waals surface area (Å²) in [6.45, 7) is 1.53. The van der Waals surface area contributed by atoms with Crippen LogP contribution in [0.1, 0.15) is 35.2 Å². The van der Waals surface area contributed by atoms with Crippen LogP contribution in [-0.2, 0) is 0 Å². The molecule has 21 heavy (non-hydrogen) atoms. The number of likely N-dealkylation sites (tertiary alicyclic amines) is 1. The molecule has 1 fully saturated rings. The number of benzene rings is 1. The molecular formula is C17H21NO3. The van der Waals surface area contributed by atoms with Crippen molar-refractivity contribution in [1.29, 1.82) is 0 Å². The molecule has 0 spiro atoms. The maximum atomic E-state index is 12.5. The summed E-state index contributed by atoms with van der Waals surface area (Å²) in [5.41, 5.74) is 1.45. The van der Waals surface area contributed by atoms with E-state index in [4.69, 9.17) is 10.2 Å². The van der Waals surface area contributed by atoms with Crippen LogP contribution in [0.2, 0.25) is 0 Å². The van der Waals surface area contributed by atoms with Gasteiger partial charge in [-0.2, -0.15) is 0 Å². The minimum absolute atomic E-state index is 0.0410. The van der Waals surface area contributed by atoms with Crippen molar-refractivity contribution in [1.82, 2.24) is 4.90 Å². The molecule has 0 saturated carbocycles. The molecule has 0 aliphatic carbocycles. The number of rotatable bonds is 3. The maximum Gasteiger partial charge on any atom is 0.253 e. The van der Waals surface area contributed by atoms with Crippen molar-refractivity contribution in [2.75, 3.05) is 26.3 Å². The molecule has 1 aromatic carbocycles. The summed E-state index contributed by atoms with van der Waals surface area (Å²) in [5.74, 6) is 5.84. The van der Waals surface area contributed by atoms with Crippen LogP contribution in [0.25, 0.3) is 0 Å². The third-order valence-electron chi connectivity index (χ3n) is 3.79. The van der Waals surface area contributed by atoms with Crippen LogP contribution in [0.15, 0.2) is 24.3 Å². The predicted octanol–water partition coefficient (Wildman–Crippen LogP) is 1.26. The Morgan fingerprint density at radius 1 is 1.29 bits per heavy atom. The van der Waals surface area contributed by atoms with Gasteiger partial charge in [-0.15, -0.1) is 0 Å². The van der Waals surface area contributed by atoms with Crippen molar-refractivity contribution in [2.45, 2.75) is 19.3 Å². The van der Waals surface area contributed by atoms with Crippen molar-refractivity contribution in [3.05, 3.63) is 35.4 Å². The zero-order chi connectivity index (χ0) is 15.1. The minimum atomic E-state index is -0.166. The third kappa shape index (κ3) is 4.32. The van der Waals surface area contributed by atoms with Gasteiger partial charge in [0, 0.05) is 30.8 Å². The number of amides is 1. The lowest BCUT2D eigenvalue weighted by atomic mass is 9.94. The normalized spacial score (nSPS) is 18.0. The molecule has 2 N–H and O–H groups in total. The molecule has 1 aromatic rings. The molecule has 1 aliphatic heterocycles. The summed E-state index contributed by atoms with van der Waals surface area (Å²) >= 11 is 0. The summed E-state index contributed by atoms with van der Waals surface area (Å²) in [6.07, 6.45) is 2.84.